The predicted octanol–water partition coefficient (Wildman–Crippen LogP) is 2.47. The molecule has 32 heavy (non-hydrogen) atoms. The van der Waals surface area contributed by atoms with Crippen molar-refractivity contribution >= 4 is 45.2 Å². The van der Waals surface area contributed by atoms with Crippen molar-refractivity contribution in [3.63, 3.8) is 0 Å². The molecule has 1 aliphatic heterocycles. The van der Waals surface area contributed by atoms with Gasteiger partial charge in [0.15, 0.2) is 0 Å². The minimum atomic E-state index is -3.82. The Morgan fingerprint density at radius 2 is 1.84 bits per heavy atom. The van der Waals surface area contributed by atoms with Crippen LogP contribution in [-0.4, -0.2) is 69.3 Å². The van der Waals surface area contributed by atoms with Gasteiger partial charge in [0.1, 0.15) is 4.90 Å². The third-order valence-corrected chi connectivity index (χ3v) is 7.16. The first-order valence-electron chi connectivity index (χ1n) is 9.93. The van der Waals surface area contributed by atoms with Crippen molar-refractivity contribution in [3.8, 4) is 0 Å². The van der Waals surface area contributed by atoms with Crippen LogP contribution in [0.4, 0.5) is 5.69 Å². The minimum Gasteiger partial charge on any atom is -0.379 e. The molecule has 1 aliphatic rings. The zero-order chi connectivity index (χ0) is 23.1. The molecule has 0 atom stereocenters. The standard InChI is InChI=1S/C22H24ClN3O5S/c1-25(22(28)10-7-17-5-3-2-4-6-17)16-21(27)24-18-8-9-19(23)20(15-18)32(29,30)26-11-13-31-14-12-26/h2-10,15H,11-14,16H2,1H3,(H,24,27)/b10-7+. The number of hydrogen-bond donors (Lipinski definition) is 1. The summed E-state index contributed by atoms with van der Waals surface area (Å²) in [5.74, 6) is -0.804. The van der Waals surface area contributed by atoms with Crippen LogP contribution in [0.5, 0.6) is 0 Å². The van der Waals surface area contributed by atoms with Crippen LogP contribution >= 0.6 is 11.6 Å². The Kier molecular flexibility index (Phi) is 8.03. The summed E-state index contributed by atoms with van der Waals surface area (Å²) in [5, 5.41) is 2.68. The normalized spacial score (nSPS) is 14.9. The largest absolute Gasteiger partial charge is 0.379 e. The van der Waals surface area contributed by atoms with E-state index in [4.69, 9.17) is 16.3 Å². The number of anilines is 1. The first-order valence-corrected chi connectivity index (χ1v) is 11.7. The zero-order valence-corrected chi connectivity index (χ0v) is 19.1. The van der Waals surface area contributed by atoms with Crippen molar-refractivity contribution in [3.05, 3.63) is 65.2 Å². The van der Waals surface area contributed by atoms with Gasteiger partial charge in [-0.15, -0.1) is 0 Å². The number of amides is 2. The van der Waals surface area contributed by atoms with Crippen LogP contribution in [-0.2, 0) is 24.3 Å². The SMILES string of the molecule is CN(CC(=O)Nc1ccc(Cl)c(S(=O)(=O)N2CCOCC2)c1)C(=O)/C=C/c1ccccc1. The van der Waals surface area contributed by atoms with Gasteiger partial charge in [-0.3, -0.25) is 9.59 Å². The topological polar surface area (TPSA) is 96.0 Å². The van der Waals surface area contributed by atoms with Gasteiger partial charge in [0.25, 0.3) is 0 Å². The maximum absolute atomic E-state index is 12.9. The lowest BCUT2D eigenvalue weighted by Gasteiger charge is -2.26. The molecule has 0 saturated carbocycles. The first kappa shape index (κ1) is 23.9. The number of morpholine rings is 1. The molecular formula is C22H24ClN3O5S. The summed E-state index contributed by atoms with van der Waals surface area (Å²) < 4.78 is 32.3. The number of likely N-dealkylation sites (N-methyl/N-ethyl adjacent to an activating group) is 1. The molecule has 1 fully saturated rings. The highest BCUT2D eigenvalue weighted by atomic mass is 35.5. The molecule has 0 radical (unpaired) electrons. The highest BCUT2D eigenvalue weighted by molar-refractivity contribution is 7.89. The van der Waals surface area contributed by atoms with Gasteiger partial charge in [0.05, 0.1) is 24.8 Å². The lowest BCUT2D eigenvalue weighted by Crippen LogP contribution is -2.40. The van der Waals surface area contributed by atoms with Gasteiger partial charge in [-0.2, -0.15) is 4.31 Å². The van der Waals surface area contributed by atoms with E-state index >= 15 is 0 Å². The molecule has 1 N–H and O–H groups in total. The number of nitrogens with one attached hydrogen (secondary N) is 1. The van der Waals surface area contributed by atoms with Gasteiger partial charge >= 0.3 is 0 Å². The number of sulfonamides is 1. The predicted molar refractivity (Wildman–Crippen MR) is 123 cm³/mol. The molecule has 170 valence electrons. The Labute approximate surface area is 192 Å². The summed E-state index contributed by atoms with van der Waals surface area (Å²) in [4.78, 5) is 25.8. The summed E-state index contributed by atoms with van der Waals surface area (Å²) in [6, 6.07) is 13.6. The quantitative estimate of drug-likeness (QED) is 0.618. The molecule has 2 aromatic carbocycles. The summed E-state index contributed by atoms with van der Waals surface area (Å²) in [5.41, 5.74) is 1.14. The second kappa shape index (κ2) is 10.7. The van der Waals surface area contributed by atoms with Crippen molar-refractivity contribution in [2.24, 2.45) is 0 Å². The van der Waals surface area contributed by atoms with Crippen molar-refractivity contribution in [2.45, 2.75) is 4.90 Å². The van der Waals surface area contributed by atoms with Gasteiger partial charge in [0.2, 0.25) is 21.8 Å². The van der Waals surface area contributed by atoms with E-state index in [9.17, 15) is 18.0 Å². The highest BCUT2D eigenvalue weighted by Gasteiger charge is 2.28. The lowest BCUT2D eigenvalue weighted by molar-refractivity contribution is -0.129. The maximum Gasteiger partial charge on any atom is 0.246 e. The van der Waals surface area contributed by atoms with Gasteiger partial charge in [-0.25, -0.2) is 8.42 Å². The van der Waals surface area contributed by atoms with E-state index in [2.05, 4.69) is 5.32 Å². The molecule has 2 amide bonds. The van der Waals surface area contributed by atoms with Crippen LogP contribution in [0.2, 0.25) is 5.02 Å². The molecule has 0 aromatic heterocycles. The fraction of sp³-hybridized carbons (Fsp3) is 0.273. The number of halogens is 1. The van der Waals surface area contributed by atoms with Crippen molar-refractivity contribution < 1.29 is 22.7 Å². The van der Waals surface area contributed by atoms with Gasteiger partial charge in [0, 0.05) is 31.9 Å². The van der Waals surface area contributed by atoms with Crippen molar-refractivity contribution in [1.29, 1.82) is 0 Å². The molecule has 0 unspecified atom stereocenters. The molecule has 8 nitrogen and oxygen atoms in total. The Bertz CT molecular complexity index is 1100. The fourth-order valence-electron chi connectivity index (χ4n) is 3.06. The number of carbonyl (C=O) groups excluding carboxylic acids is 2. The van der Waals surface area contributed by atoms with Crippen molar-refractivity contribution in [2.75, 3.05) is 45.2 Å². The lowest BCUT2D eigenvalue weighted by atomic mass is 10.2. The molecule has 10 heteroatoms. The molecular weight excluding hydrogens is 454 g/mol. The molecule has 3 rings (SSSR count). The zero-order valence-electron chi connectivity index (χ0n) is 17.5. The van der Waals surface area contributed by atoms with Gasteiger partial charge in [-0.1, -0.05) is 41.9 Å². The summed E-state index contributed by atoms with van der Waals surface area (Å²) in [6.45, 7) is 0.891. The number of nitrogens with zero attached hydrogens (tertiary/aromatic N) is 2. The smallest absolute Gasteiger partial charge is 0.246 e. The second-order valence-electron chi connectivity index (χ2n) is 7.15. The molecule has 0 spiro atoms. The van der Waals surface area contributed by atoms with Crippen LogP contribution in [0.1, 0.15) is 5.56 Å². The summed E-state index contributed by atoms with van der Waals surface area (Å²) >= 11 is 6.14. The Morgan fingerprint density at radius 3 is 2.53 bits per heavy atom. The molecule has 0 aliphatic carbocycles. The molecule has 1 saturated heterocycles. The number of ether oxygens (including phenoxy) is 1. The summed E-state index contributed by atoms with van der Waals surface area (Å²) in [7, 11) is -2.32. The van der Waals surface area contributed by atoms with Crippen LogP contribution in [0.3, 0.4) is 0 Å². The molecule has 0 bridgehead atoms. The Hall–Kier alpha value is -2.72. The van der Waals surface area contributed by atoms with E-state index in [1.54, 1.807) is 6.08 Å². The van der Waals surface area contributed by atoms with Crippen LogP contribution in [0, 0.1) is 0 Å². The number of carbonyl (C=O) groups is 2. The number of benzene rings is 2. The van der Waals surface area contributed by atoms with Crippen LogP contribution in [0.15, 0.2) is 59.5 Å². The fourth-order valence-corrected chi connectivity index (χ4v) is 4.97. The van der Waals surface area contributed by atoms with E-state index in [0.29, 0.717) is 13.2 Å². The number of rotatable bonds is 7. The number of hydrogen-bond acceptors (Lipinski definition) is 5. The monoisotopic (exact) mass is 477 g/mol. The summed E-state index contributed by atoms with van der Waals surface area (Å²) in [6.07, 6.45) is 3.05. The van der Waals surface area contributed by atoms with Crippen LogP contribution in [0.25, 0.3) is 6.08 Å². The highest BCUT2D eigenvalue weighted by Crippen LogP contribution is 2.28. The van der Waals surface area contributed by atoms with Gasteiger partial charge in [-0.05, 0) is 29.8 Å². The van der Waals surface area contributed by atoms with E-state index in [1.165, 1.54) is 40.5 Å². The van der Waals surface area contributed by atoms with E-state index in [0.717, 1.165) is 5.56 Å². The van der Waals surface area contributed by atoms with Crippen LogP contribution < -0.4 is 5.32 Å². The Balaban J connectivity index is 1.64. The van der Waals surface area contributed by atoms with E-state index < -0.39 is 15.9 Å². The molecule has 2 aromatic rings. The third-order valence-electron chi connectivity index (χ3n) is 4.78. The maximum atomic E-state index is 12.9. The average Bonchev–Trinajstić information content (AvgIpc) is 2.79. The van der Waals surface area contributed by atoms with E-state index in [1.807, 2.05) is 30.3 Å². The minimum absolute atomic E-state index is 0.0628. The van der Waals surface area contributed by atoms with Crippen molar-refractivity contribution in [1.82, 2.24) is 9.21 Å². The average molecular weight is 478 g/mol. The third kappa shape index (κ3) is 6.17. The Morgan fingerprint density at radius 1 is 1.16 bits per heavy atom. The van der Waals surface area contributed by atoms with E-state index in [-0.39, 0.29) is 41.1 Å². The van der Waals surface area contributed by atoms with Gasteiger partial charge < -0.3 is 15.0 Å². The first-order chi connectivity index (χ1) is 15.3. The second-order valence-corrected chi connectivity index (χ2v) is 9.46. The molecule has 1 heterocycles.